The predicted octanol–water partition coefficient (Wildman–Crippen LogP) is 3.41. The molecule has 0 aliphatic heterocycles. The van der Waals surface area contributed by atoms with Gasteiger partial charge >= 0.3 is 0 Å². The fourth-order valence-corrected chi connectivity index (χ4v) is 2.07. The Labute approximate surface area is 114 Å². The van der Waals surface area contributed by atoms with Crippen LogP contribution >= 0.6 is 0 Å². The van der Waals surface area contributed by atoms with E-state index in [1.54, 1.807) is 14.0 Å². The number of nitrogens with zero attached hydrogens (tertiary/aromatic N) is 2. The van der Waals surface area contributed by atoms with E-state index in [1.165, 1.54) is 0 Å². The third-order valence-corrected chi connectivity index (χ3v) is 3.50. The number of anilines is 1. The van der Waals surface area contributed by atoms with Crippen molar-refractivity contribution in [2.45, 2.75) is 52.6 Å². The highest BCUT2D eigenvalue weighted by molar-refractivity contribution is 5.38. The normalized spacial score (nSPS) is 11.7. The SMILES string of the molecule is CCCNc1nc(C(CC)(CC)OC)nc(C)c1F. The Morgan fingerprint density at radius 1 is 1.21 bits per heavy atom. The summed E-state index contributed by atoms with van der Waals surface area (Å²) in [6.45, 7) is 8.41. The second-order valence-electron chi connectivity index (χ2n) is 4.63. The highest BCUT2D eigenvalue weighted by atomic mass is 19.1. The zero-order valence-corrected chi connectivity index (χ0v) is 12.5. The molecule has 4 nitrogen and oxygen atoms in total. The van der Waals surface area contributed by atoms with Crippen molar-refractivity contribution in [3.63, 3.8) is 0 Å². The number of aryl methyl sites for hydroxylation is 1. The number of nitrogens with one attached hydrogen (secondary N) is 1. The molecule has 0 spiro atoms. The van der Waals surface area contributed by atoms with Crippen LogP contribution in [-0.2, 0) is 10.3 Å². The number of hydrogen-bond acceptors (Lipinski definition) is 4. The van der Waals surface area contributed by atoms with Gasteiger partial charge in [-0.3, -0.25) is 0 Å². The van der Waals surface area contributed by atoms with Crippen LogP contribution in [0, 0.1) is 12.7 Å². The fraction of sp³-hybridized carbons (Fsp3) is 0.714. The Morgan fingerprint density at radius 3 is 2.32 bits per heavy atom. The van der Waals surface area contributed by atoms with Gasteiger partial charge < -0.3 is 10.1 Å². The molecule has 0 unspecified atom stereocenters. The third-order valence-electron chi connectivity index (χ3n) is 3.50. The van der Waals surface area contributed by atoms with Crippen LogP contribution in [-0.4, -0.2) is 23.6 Å². The molecule has 1 N–H and O–H groups in total. The highest BCUT2D eigenvalue weighted by Gasteiger charge is 2.32. The van der Waals surface area contributed by atoms with Crippen LogP contribution < -0.4 is 5.32 Å². The minimum atomic E-state index is -0.541. The number of rotatable bonds is 7. The minimum absolute atomic E-state index is 0.271. The standard InChI is InChI=1S/C14H24FN3O/c1-6-9-16-12-11(15)10(4)17-13(18-12)14(7-2,8-3)19-5/h6-9H2,1-5H3,(H,16,17,18). The molecule has 0 saturated carbocycles. The van der Waals surface area contributed by atoms with Crippen LogP contribution in [0.15, 0.2) is 0 Å². The number of halogens is 1. The largest absolute Gasteiger partial charge is 0.370 e. The second-order valence-corrected chi connectivity index (χ2v) is 4.63. The predicted molar refractivity (Wildman–Crippen MR) is 74.8 cm³/mol. The molecule has 1 heterocycles. The minimum Gasteiger partial charge on any atom is -0.370 e. The van der Waals surface area contributed by atoms with E-state index in [1.807, 2.05) is 20.8 Å². The van der Waals surface area contributed by atoms with Crippen LogP contribution in [0.2, 0.25) is 0 Å². The van der Waals surface area contributed by atoms with Crippen molar-refractivity contribution >= 4 is 5.82 Å². The third kappa shape index (κ3) is 3.21. The lowest BCUT2D eigenvalue weighted by Crippen LogP contribution is -2.30. The summed E-state index contributed by atoms with van der Waals surface area (Å²) < 4.78 is 19.6. The van der Waals surface area contributed by atoms with Crippen LogP contribution in [0.3, 0.4) is 0 Å². The maximum Gasteiger partial charge on any atom is 0.186 e. The Hall–Kier alpha value is -1.23. The quantitative estimate of drug-likeness (QED) is 0.824. The monoisotopic (exact) mass is 269 g/mol. The Balaban J connectivity index is 3.25. The highest BCUT2D eigenvalue weighted by Crippen LogP contribution is 2.31. The van der Waals surface area contributed by atoms with Crippen molar-refractivity contribution in [3.8, 4) is 0 Å². The molecule has 19 heavy (non-hydrogen) atoms. The lowest BCUT2D eigenvalue weighted by atomic mass is 9.96. The van der Waals surface area contributed by atoms with Gasteiger partial charge in [-0.1, -0.05) is 20.8 Å². The number of hydrogen-bond donors (Lipinski definition) is 1. The molecule has 0 saturated heterocycles. The van der Waals surface area contributed by atoms with Gasteiger partial charge in [0.25, 0.3) is 0 Å². The molecule has 108 valence electrons. The fourth-order valence-electron chi connectivity index (χ4n) is 2.07. The van der Waals surface area contributed by atoms with Crippen molar-refractivity contribution in [1.29, 1.82) is 0 Å². The molecule has 0 atom stereocenters. The van der Waals surface area contributed by atoms with E-state index in [-0.39, 0.29) is 11.6 Å². The van der Waals surface area contributed by atoms with Crippen molar-refractivity contribution in [1.82, 2.24) is 9.97 Å². The van der Waals surface area contributed by atoms with Crippen LogP contribution in [0.1, 0.15) is 51.6 Å². The van der Waals surface area contributed by atoms with Gasteiger partial charge in [-0.15, -0.1) is 0 Å². The second kappa shape index (κ2) is 6.80. The maximum absolute atomic E-state index is 14.0. The van der Waals surface area contributed by atoms with Crippen LogP contribution in [0.5, 0.6) is 0 Å². The average molecular weight is 269 g/mol. The van der Waals surface area contributed by atoms with Gasteiger partial charge in [0.15, 0.2) is 17.5 Å². The van der Waals surface area contributed by atoms with E-state index < -0.39 is 5.60 Å². The summed E-state index contributed by atoms with van der Waals surface area (Å²) in [6, 6.07) is 0. The summed E-state index contributed by atoms with van der Waals surface area (Å²) in [5.41, 5.74) is -0.187. The van der Waals surface area contributed by atoms with Gasteiger partial charge in [0.1, 0.15) is 5.60 Å². The number of aromatic nitrogens is 2. The van der Waals surface area contributed by atoms with Crippen molar-refractivity contribution in [3.05, 3.63) is 17.3 Å². The first kappa shape index (κ1) is 15.8. The van der Waals surface area contributed by atoms with Gasteiger partial charge in [0.05, 0.1) is 5.69 Å². The molecule has 5 heteroatoms. The first-order valence-corrected chi connectivity index (χ1v) is 6.88. The van der Waals surface area contributed by atoms with E-state index >= 15 is 0 Å². The topological polar surface area (TPSA) is 47.0 Å². The molecule has 1 aromatic rings. The van der Waals surface area contributed by atoms with E-state index in [4.69, 9.17) is 4.74 Å². The van der Waals surface area contributed by atoms with Gasteiger partial charge in [-0.25, -0.2) is 14.4 Å². The maximum atomic E-state index is 14.0. The molecule has 0 radical (unpaired) electrons. The smallest absolute Gasteiger partial charge is 0.186 e. The average Bonchev–Trinajstić information content (AvgIpc) is 2.43. The number of ether oxygens (including phenoxy) is 1. The Morgan fingerprint density at radius 2 is 1.84 bits per heavy atom. The molecule has 1 rings (SSSR count). The lowest BCUT2D eigenvalue weighted by molar-refractivity contribution is -0.0292. The van der Waals surface area contributed by atoms with Crippen molar-refractivity contribution in [2.24, 2.45) is 0 Å². The van der Waals surface area contributed by atoms with E-state index in [9.17, 15) is 4.39 Å². The zero-order valence-electron chi connectivity index (χ0n) is 12.5. The van der Waals surface area contributed by atoms with Gasteiger partial charge in [-0.2, -0.15) is 0 Å². The van der Waals surface area contributed by atoms with E-state index in [0.29, 0.717) is 18.1 Å². The summed E-state index contributed by atoms with van der Waals surface area (Å²) in [5.74, 6) is 0.444. The molecule has 0 aromatic carbocycles. The molecule has 0 amide bonds. The Kier molecular flexibility index (Phi) is 5.66. The van der Waals surface area contributed by atoms with Crippen molar-refractivity contribution < 1.29 is 9.13 Å². The molecule has 0 aliphatic carbocycles. The first-order valence-electron chi connectivity index (χ1n) is 6.88. The van der Waals surface area contributed by atoms with Crippen LogP contribution in [0.25, 0.3) is 0 Å². The van der Waals surface area contributed by atoms with Gasteiger partial charge in [-0.05, 0) is 26.2 Å². The Bertz CT molecular complexity index is 411. The number of methoxy groups -OCH3 is 1. The summed E-state index contributed by atoms with van der Waals surface area (Å²) in [4.78, 5) is 8.61. The lowest BCUT2D eigenvalue weighted by Gasteiger charge is -2.29. The summed E-state index contributed by atoms with van der Waals surface area (Å²) in [6.07, 6.45) is 2.41. The van der Waals surface area contributed by atoms with E-state index in [0.717, 1.165) is 19.3 Å². The van der Waals surface area contributed by atoms with Gasteiger partial charge in [0.2, 0.25) is 0 Å². The molecular formula is C14H24FN3O. The summed E-state index contributed by atoms with van der Waals surface area (Å²) in [5, 5.41) is 3.01. The summed E-state index contributed by atoms with van der Waals surface area (Å²) in [7, 11) is 1.65. The van der Waals surface area contributed by atoms with Crippen molar-refractivity contribution in [2.75, 3.05) is 19.0 Å². The van der Waals surface area contributed by atoms with Crippen LogP contribution in [0.4, 0.5) is 10.2 Å². The first-order chi connectivity index (χ1) is 9.04. The summed E-state index contributed by atoms with van der Waals surface area (Å²) >= 11 is 0. The molecule has 0 bridgehead atoms. The van der Waals surface area contributed by atoms with E-state index in [2.05, 4.69) is 15.3 Å². The molecular weight excluding hydrogens is 245 g/mol. The molecule has 0 aliphatic rings. The molecule has 0 fully saturated rings. The van der Waals surface area contributed by atoms with Gasteiger partial charge in [0, 0.05) is 13.7 Å². The molecule has 1 aromatic heterocycles. The zero-order chi connectivity index (χ0) is 14.5.